The van der Waals surface area contributed by atoms with E-state index < -0.39 is 0 Å². The van der Waals surface area contributed by atoms with Gasteiger partial charge in [-0.3, -0.25) is 5.10 Å². The van der Waals surface area contributed by atoms with Gasteiger partial charge in [-0.05, 0) is 12.2 Å². The first-order valence-corrected chi connectivity index (χ1v) is 3.54. The molecule has 58 valence electrons. The number of nitrogens with one attached hydrogen (secondary N) is 3. The van der Waals surface area contributed by atoms with Crippen LogP contribution < -0.4 is 16.4 Å². The molecule has 0 unspecified atom stereocenters. The number of anilines is 1. The number of thiocarbonyl (C=S) groups is 1. The maximum absolute atomic E-state index is 5.68. The number of hydrogen-bond donors (Lipinski definition) is 4. The zero-order valence-electron chi connectivity index (χ0n) is 5.59. The van der Waals surface area contributed by atoms with Crippen molar-refractivity contribution in [3.8, 4) is 0 Å². The third kappa shape index (κ3) is 0.958. The maximum Gasteiger partial charge on any atom is 0.173 e. The highest BCUT2D eigenvalue weighted by atomic mass is 32.1. The zero-order valence-corrected chi connectivity index (χ0v) is 6.40. The molecule has 2 heterocycles. The van der Waals surface area contributed by atoms with E-state index in [4.69, 9.17) is 18.0 Å². The van der Waals surface area contributed by atoms with Crippen LogP contribution in [0.25, 0.3) is 0 Å². The average molecular weight is 169 g/mol. The van der Waals surface area contributed by atoms with E-state index in [2.05, 4.69) is 20.8 Å². The summed E-state index contributed by atoms with van der Waals surface area (Å²) < 4.78 is 0. The van der Waals surface area contributed by atoms with Crippen LogP contribution in [0, 0.1) is 0 Å². The minimum atomic E-state index is -0.252. The lowest BCUT2D eigenvalue weighted by Crippen LogP contribution is -2.41. The van der Waals surface area contributed by atoms with Crippen LogP contribution in [0.1, 0.15) is 11.7 Å². The van der Waals surface area contributed by atoms with Crippen molar-refractivity contribution in [1.29, 1.82) is 0 Å². The van der Waals surface area contributed by atoms with Gasteiger partial charge in [0.2, 0.25) is 0 Å². The Morgan fingerprint density at radius 2 is 2.45 bits per heavy atom. The number of nitrogens with two attached hydrogens (primary N) is 1. The van der Waals surface area contributed by atoms with Crippen LogP contribution in [0.2, 0.25) is 0 Å². The maximum atomic E-state index is 5.68. The second-order valence-corrected chi connectivity index (χ2v) is 2.68. The molecule has 0 fully saturated rings. The highest BCUT2D eigenvalue weighted by Crippen LogP contribution is 2.19. The third-order valence-corrected chi connectivity index (χ3v) is 1.75. The number of aromatic amines is 1. The first-order chi connectivity index (χ1) is 5.27. The van der Waals surface area contributed by atoms with E-state index in [9.17, 15) is 0 Å². The number of rotatable bonds is 0. The molecule has 2 rings (SSSR count). The molecule has 0 amide bonds. The van der Waals surface area contributed by atoms with E-state index in [-0.39, 0.29) is 6.17 Å². The molecule has 1 aromatic rings. The molecule has 1 aromatic heterocycles. The highest BCUT2D eigenvalue weighted by molar-refractivity contribution is 7.80. The predicted molar refractivity (Wildman–Crippen MR) is 44.9 cm³/mol. The number of fused-ring (bicyclic) bond motifs is 1. The number of H-pyrrole nitrogens is 1. The van der Waals surface area contributed by atoms with Gasteiger partial charge in [0.15, 0.2) is 5.11 Å². The van der Waals surface area contributed by atoms with Gasteiger partial charge in [0.1, 0.15) is 12.0 Å². The molecule has 0 spiro atoms. The number of hydrogen-bond acceptors (Lipinski definition) is 3. The van der Waals surface area contributed by atoms with Gasteiger partial charge in [0, 0.05) is 0 Å². The van der Waals surface area contributed by atoms with Crippen LogP contribution in [-0.2, 0) is 0 Å². The molecule has 0 aliphatic carbocycles. The Balaban J connectivity index is 2.43. The Kier molecular flexibility index (Phi) is 1.30. The standard InChI is InChI=1S/C5H7N5S/c6-3-2-1-7-10-4(2)9-5(11)8-3/h1,3H,6H2,(H3,7,8,9,10,11)/t3-/m0/s1. The lowest BCUT2D eigenvalue weighted by Gasteiger charge is -2.22. The van der Waals surface area contributed by atoms with Gasteiger partial charge in [-0.2, -0.15) is 5.10 Å². The summed E-state index contributed by atoms with van der Waals surface area (Å²) >= 11 is 4.87. The van der Waals surface area contributed by atoms with Crippen LogP contribution in [0.4, 0.5) is 5.82 Å². The molecule has 6 heteroatoms. The second-order valence-electron chi connectivity index (χ2n) is 2.28. The third-order valence-electron chi connectivity index (χ3n) is 1.53. The van der Waals surface area contributed by atoms with Gasteiger partial charge in [-0.15, -0.1) is 0 Å². The fourth-order valence-electron chi connectivity index (χ4n) is 1.000. The van der Waals surface area contributed by atoms with Crippen molar-refractivity contribution in [3.63, 3.8) is 0 Å². The van der Waals surface area contributed by atoms with Crippen molar-refractivity contribution < 1.29 is 0 Å². The summed E-state index contributed by atoms with van der Waals surface area (Å²) in [5.41, 5.74) is 6.58. The number of aromatic nitrogens is 2. The number of nitrogens with zero attached hydrogens (tertiary/aromatic N) is 1. The van der Waals surface area contributed by atoms with Crippen LogP contribution in [0.15, 0.2) is 6.20 Å². The summed E-state index contributed by atoms with van der Waals surface area (Å²) in [6.45, 7) is 0. The normalized spacial score (nSPS) is 21.9. The summed E-state index contributed by atoms with van der Waals surface area (Å²) in [5.74, 6) is 0.779. The average Bonchev–Trinajstić information content (AvgIpc) is 2.34. The molecular formula is C5H7N5S. The summed E-state index contributed by atoms with van der Waals surface area (Å²) in [4.78, 5) is 0. The summed E-state index contributed by atoms with van der Waals surface area (Å²) in [6.07, 6.45) is 1.42. The van der Waals surface area contributed by atoms with Crippen molar-refractivity contribution in [1.82, 2.24) is 15.5 Å². The van der Waals surface area contributed by atoms with E-state index in [1.165, 1.54) is 0 Å². The van der Waals surface area contributed by atoms with Gasteiger partial charge in [0.05, 0.1) is 11.8 Å². The Morgan fingerprint density at radius 1 is 1.64 bits per heavy atom. The van der Waals surface area contributed by atoms with Crippen molar-refractivity contribution >= 4 is 23.1 Å². The molecular weight excluding hydrogens is 162 g/mol. The summed E-state index contributed by atoms with van der Waals surface area (Å²) in [6, 6.07) is 0. The van der Waals surface area contributed by atoms with Crippen molar-refractivity contribution in [2.75, 3.05) is 5.32 Å². The van der Waals surface area contributed by atoms with Gasteiger partial charge >= 0.3 is 0 Å². The molecule has 5 N–H and O–H groups in total. The fraction of sp³-hybridized carbons (Fsp3) is 0.200. The van der Waals surface area contributed by atoms with E-state index in [1.807, 2.05) is 0 Å². The Hall–Kier alpha value is -1.14. The molecule has 0 bridgehead atoms. The van der Waals surface area contributed by atoms with E-state index >= 15 is 0 Å². The predicted octanol–water partition coefficient (Wildman–Crippen LogP) is -0.333. The zero-order chi connectivity index (χ0) is 7.84. The van der Waals surface area contributed by atoms with E-state index in [0.717, 1.165) is 11.4 Å². The van der Waals surface area contributed by atoms with E-state index in [1.54, 1.807) is 6.20 Å². The largest absolute Gasteiger partial charge is 0.343 e. The SMILES string of the molecule is N[C@H]1NC(=S)Nc2[nH]ncc21. The smallest absolute Gasteiger partial charge is 0.173 e. The lowest BCUT2D eigenvalue weighted by molar-refractivity contribution is 0.678. The summed E-state index contributed by atoms with van der Waals surface area (Å²) in [7, 11) is 0. The molecule has 5 nitrogen and oxygen atoms in total. The molecule has 1 aliphatic heterocycles. The molecule has 11 heavy (non-hydrogen) atoms. The van der Waals surface area contributed by atoms with Gasteiger partial charge in [-0.25, -0.2) is 0 Å². The molecule has 1 atom stereocenters. The fourth-order valence-corrected chi connectivity index (χ4v) is 1.23. The summed E-state index contributed by atoms with van der Waals surface area (Å²) in [5, 5.41) is 12.8. The Labute approximate surface area is 68.4 Å². The first-order valence-electron chi connectivity index (χ1n) is 3.14. The lowest BCUT2D eigenvalue weighted by atomic mass is 10.2. The topological polar surface area (TPSA) is 78.8 Å². The minimum absolute atomic E-state index is 0.252. The van der Waals surface area contributed by atoms with Gasteiger partial charge < -0.3 is 16.4 Å². The van der Waals surface area contributed by atoms with Crippen LogP contribution in [0.5, 0.6) is 0 Å². The Morgan fingerprint density at radius 3 is 3.27 bits per heavy atom. The van der Waals surface area contributed by atoms with Gasteiger partial charge in [0.25, 0.3) is 0 Å². The molecule has 1 aliphatic rings. The highest BCUT2D eigenvalue weighted by Gasteiger charge is 2.19. The monoisotopic (exact) mass is 169 g/mol. The molecule has 0 saturated heterocycles. The van der Waals surface area contributed by atoms with Crippen LogP contribution >= 0.6 is 12.2 Å². The van der Waals surface area contributed by atoms with Crippen LogP contribution in [-0.4, -0.2) is 15.3 Å². The van der Waals surface area contributed by atoms with Crippen molar-refractivity contribution in [2.45, 2.75) is 6.17 Å². The first kappa shape index (κ1) is 6.56. The molecule has 0 aromatic carbocycles. The minimum Gasteiger partial charge on any atom is -0.343 e. The van der Waals surface area contributed by atoms with Crippen molar-refractivity contribution in [3.05, 3.63) is 11.8 Å². The molecule has 0 radical (unpaired) electrons. The van der Waals surface area contributed by atoms with E-state index in [0.29, 0.717) is 5.11 Å². The van der Waals surface area contributed by atoms with Crippen molar-refractivity contribution in [2.24, 2.45) is 5.73 Å². The second kappa shape index (κ2) is 2.18. The van der Waals surface area contributed by atoms with Crippen LogP contribution in [0.3, 0.4) is 0 Å². The Bertz CT molecular complexity index is 293. The van der Waals surface area contributed by atoms with Gasteiger partial charge in [-0.1, -0.05) is 0 Å². The molecule has 0 saturated carbocycles. The quantitative estimate of drug-likeness (QED) is 0.400.